The van der Waals surface area contributed by atoms with Crippen LogP contribution in [0.1, 0.15) is 17.0 Å². The highest BCUT2D eigenvalue weighted by molar-refractivity contribution is 14.1. The summed E-state index contributed by atoms with van der Waals surface area (Å²) in [7, 11) is 1.54. The van der Waals surface area contributed by atoms with Crippen molar-refractivity contribution in [3.8, 4) is 11.5 Å². The zero-order valence-corrected chi connectivity index (χ0v) is 21.4. The molecule has 0 aliphatic carbocycles. The number of halogens is 3. The van der Waals surface area contributed by atoms with E-state index in [2.05, 4.69) is 48.6 Å². The van der Waals surface area contributed by atoms with Crippen LogP contribution in [-0.2, 0) is 6.61 Å². The molecule has 0 aliphatic rings. The van der Waals surface area contributed by atoms with Gasteiger partial charge in [0.15, 0.2) is 11.5 Å². The Hall–Kier alpha value is -2.79. The topological polar surface area (TPSA) is 65.7 Å². The third kappa shape index (κ3) is 5.25. The number of aryl methyl sites for hydroxylation is 1. The number of benzene rings is 3. The van der Waals surface area contributed by atoms with Gasteiger partial charge < -0.3 is 9.47 Å². The first-order valence-electron chi connectivity index (χ1n) is 9.84. The molecular formula is C24H18BrFIN3O3. The van der Waals surface area contributed by atoms with Crippen molar-refractivity contribution < 1.29 is 13.9 Å². The van der Waals surface area contributed by atoms with Gasteiger partial charge in [-0.25, -0.2) is 9.37 Å². The number of hydrogen-bond acceptors (Lipinski definition) is 5. The number of hydrogen-bond donors (Lipinski definition) is 0. The van der Waals surface area contributed by atoms with Crippen molar-refractivity contribution in [2.75, 3.05) is 7.11 Å². The molecule has 0 atom stereocenters. The van der Waals surface area contributed by atoms with Gasteiger partial charge in [0, 0.05) is 4.47 Å². The van der Waals surface area contributed by atoms with E-state index >= 15 is 0 Å². The molecule has 0 saturated heterocycles. The maximum absolute atomic E-state index is 13.4. The fraction of sp³-hybridized carbons (Fsp3) is 0.125. The molecule has 6 nitrogen and oxygen atoms in total. The Morgan fingerprint density at radius 3 is 2.79 bits per heavy atom. The molecule has 0 N–H and O–H groups in total. The summed E-state index contributed by atoms with van der Waals surface area (Å²) in [5.74, 6) is 1.21. The molecule has 1 heterocycles. The Bertz CT molecular complexity index is 1440. The molecule has 0 spiro atoms. The van der Waals surface area contributed by atoms with Gasteiger partial charge in [0.25, 0.3) is 5.56 Å². The lowest BCUT2D eigenvalue weighted by Gasteiger charge is -2.14. The van der Waals surface area contributed by atoms with Crippen LogP contribution in [0.5, 0.6) is 11.5 Å². The molecule has 1 aromatic heterocycles. The van der Waals surface area contributed by atoms with E-state index in [-0.39, 0.29) is 18.0 Å². The van der Waals surface area contributed by atoms with Crippen molar-refractivity contribution >= 4 is 55.6 Å². The summed E-state index contributed by atoms with van der Waals surface area (Å²) in [6, 6.07) is 15.2. The van der Waals surface area contributed by atoms with Gasteiger partial charge in [0.2, 0.25) is 0 Å². The molecule has 9 heteroatoms. The quantitative estimate of drug-likeness (QED) is 0.205. The fourth-order valence-electron chi connectivity index (χ4n) is 3.26. The van der Waals surface area contributed by atoms with Crippen molar-refractivity contribution in [3.63, 3.8) is 0 Å². The summed E-state index contributed by atoms with van der Waals surface area (Å²) in [5, 5.41) is 4.84. The molecule has 4 aromatic rings. The van der Waals surface area contributed by atoms with Gasteiger partial charge in [-0.3, -0.25) is 4.79 Å². The molecule has 168 valence electrons. The van der Waals surface area contributed by atoms with Crippen molar-refractivity contribution in [1.82, 2.24) is 9.66 Å². The maximum atomic E-state index is 13.4. The lowest BCUT2D eigenvalue weighted by atomic mass is 10.2. The average Bonchev–Trinajstić information content (AvgIpc) is 2.78. The predicted octanol–water partition coefficient (Wildman–Crippen LogP) is 5.68. The van der Waals surface area contributed by atoms with E-state index in [1.165, 1.54) is 16.8 Å². The average molecular weight is 622 g/mol. The highest BCUT2D eigenvalue weighted by atomic mass is 127. The zero-order chi connectivity index (χ0) is 23.5. The molecular weight excluding hydrogens is 604 g/mol. The number of fused-ring (bicyclic) bond motifs is 1. The minimum Gasteiger partial charge on any atom is -0.493 e. The molecule has 0 radical (unpaired) electrons. The van der Waals surface area contributed by atoms with E-state index < -0.39 is 0 Å². The van der Waals surface area contributed by atoms with Crippen molar-refractivity contribution in [1.29, 1.82) is 0 Å². The molecule has 0 saturated carbocycles. The van der Waals surface area contributed by atoms with E-state index in [4.69, 9.17) is 9.47 Å². The number of ether oxygens (including phenoxy) is 2. The van der Waals surface area contributed by atoms with Crippen molar-refractivity contribution in [2.24, 2.45) is 5.10 Å². The molecule has 3 aromatic carbocycles. The second-order valence-electron chi connectivity index (χ2n) is 7.13. The summed E-state index contributed by atoms with van der Waals surface area (Å²) in [5.41, 5.74) is 1.79. The normalized spacial score (nSPS) is 11.3. The Morgan fingerprint density at radius 2 is 2.03 bits per heavy atom. The Labute approximate surface area is 211 Å². The monoisotopic (exact) mass is 621 g/mol. The lowest BCUT2D eigenvalue weighted by Crippen LogP contribution is -2.20. The Kier molecular flexibility index (Phi) is 7.08. The molecule has 0 fully saturated rings. The Balaban J connectivity index is 1.64. The van der Waals surface area contributed by atoms with E-state index in [9.17, 15) is 9.18 Å². The predicted molar refractivity (Wildman–Crippen MR) is 138 cm³/mol. The van der Waals surface area contributed by atoms with Gasteiger partial charge in [-0.1, -0.05) is 28.1 Å². The third-order valence-corrected chi connectivity index (χ3v) is 6.11. The highest BCUT2D eigenvalue weighted by Crippen LogP contribution is 2.34. The van der Waals surface area contributed by atoms with Crippen LogP contribution < -0.4 is 15.0 Å². The van der Waals surface area contributed by atoms with E-state index in [1.807, 2.05) is 12.1 Å². The largest absolute Gasteiger partial charge is 0.493 e. The number of aromatic nitrogens is 2. The van der Waals surface area contributed by atoms with Gasteiger partial charge in [0.05, 0.1) is 27.8 Å². The van der Waals surface area contributed by atoms with Gasteiger partial charge >= 0.3 is 0 Å². The van der Waals surface area contributed by atoms with Crippen LogP contribution in [0.3, 0.4) is 0 Å². The summed E-state index contributed by atoms with van der Waals surface area (Å²) in [4.78, 5) is 17.4. The fourth-order valence-corrected chi connectivity index (χ4v) is 4.40. The molecule has 0 unspecified atom stereocenters. The van der Waals surface area contributed by atoms with E-state index in [0.29, 0.717) is 33.8 Å². The first-order chi connectivity index (χ1) is 15.9. The third-order valence-electron chi connectivity index (χ3n) is 4.82. The summed E-state index contributed by atoms with van der Waals surface area (Å²) in [6.07, 6.45) is 1.57. The number of methoxy groups -OCH3 is 1. The van der Waals surface area contributed by atoms with Crippen LogP contribution in [0.15, 0.2) is 69.0 Å². The molecule has 0 bridgehead atoms. The second-order valence-corrected chi connectivity index (χ2v) is 9.21. The van der Waals surface area contributed by atoms with Crippen LogP contribution in [-0.4, -0.2) is 23.0 Å². The minimum atomic E-state index is -0.314. The van der Waals surface area contributed by atoms with Crippen LogP contribution in [0.2, 0.25) is 0 Å². The van der Waals surface area contributed by atoms with Gasteiger partial charge in [-0.2, -0.15) is 9.78 Å². The van der Waals surface area contributed by atoms with Crippen LogP contribution >= 0.6 is 38.5 Å². The van der Waals surface area contributed by atoms with Crippen LogP contribution in [0, 0.1) is 16.3 Å². The van der Waals surface area contributed by atoms with Crippen molar-refractivity contribution in [2.45, 2.75) is 13.5 Å². The van der Waals surface area contributed by atoms with E-state index in [1.54, 1.807) is 50.6 Å². The standard InChI is InChI=1S/C24H18BrFIN3O3/c1-14-29-21-7-6-17(25)11-19(21)24(31)30(14)28-12-16-9-20(27)23(22(10-16)32-2)33-13-15-4-3-5-18(26)8-15/h3-12H,13H2,1-2H3. The maximum Gasteiger partial charge on any atom is 0.282 e. The lowest BCUT2D eigenvalue weighted by molar-refractivity contribution is 0.282. The van der Waals surface area contributed by atoms with Gasteiger partial charge in [0.1, 0.15) is 18.2 Å². The minimum absolute atomic E-state index is 0.199. The SMILES string of the molecule is COc1cc(C=Nn2c(C)nc3ccc(Br)cc3c2=O)cc(I)c1OCc1cccc(F)c1. The van der Waals surface area contributed by atoms with E-state index in [0.717, 1.165) is 13.6 Å². The first kappa shape index (κ1) is 23.4. The molecule has 0 amide bonds. The smallest absolute Gasteiger partial charge is 0.282 e. The Morgan fingerprint density at radius 1 is 1.21 bits per heavy atom. The molecule has 0 aliphatic heterocycles. The zero-order valence-electron chi connectivity index (χ0n) is 17.7. The van der Waals surface area contributed by atoms with Gasteiger partial charge in [-0.15, -0.1) is 0 Å². The highest BCUT2D eigenvalue weighted by Gasteiger charge is 2.13. The van der Waals surface area contributed by atoms with Crippen molar-refractivity contribution in [3.05, 3.63) is 95.8 Å². The second kappa shape index (κ2) is 10.0. The molecule has 4 rings (SSSR count). The first-order valence-corrected chi connectivity index (χ1v) is 11.7. The van der Waals surface area contributed by atoms with Crippen LogP contribution in [0.4, 0.5) is 4.39 Å². The molecule has 33 heavy (non-hydrogen) atoms. The summed E-state index contributed by atoms with van der Waals surface area (Å²) >= 11 is 5.53. The number of rotatable bonds is 6. The number of nitrogens with zero attached hydrogens (tertiary/aromatic N) is 3. The van der Waals surface area contributed by atoms with Gasteiger partial charge in [-0.05, 0) is 83.1 Å². The van der Waals surface area contributed by atoms with Crippen LogP contribution in [0.25, 0.3) is 10.9 Å². The summed E-state index contributed by atoms with van der Waals surface area (Å²) < 4.78 is 27.7. The summed E-state index contributed by atoms with van der Waals surface area (Å²) in [6.45, 7) is 1.93.